The van der Waals surface area contributed by atoms with Crippen molar-refractivity contribution in [1.29, 1.82) is 0 Å². The van der Waals surface area contributed by atoms with Crippen LogP contribution in [0.15, 0.2) is 40.7 Å². The zero-order valence-corrected chi connectivity index (χ0v) is 13.0. The fourth-order valence-electron chi connectivity index (χ4n) is 1.56. The zero-order valence-electron chi connectivity index (χ0n) is 11.4. The van der Waals surface area contributed by atoms with E-state index in [2.05, 4.69) is 15.0 Å². The van der Waals surface area contributed by atoms with Crippen molar-refractivity contribution in [3.63, 3.8) is 0 Å². The molecule has 0 fully saturated rings. The minimum Gasteiger partial charge on any atom is -0.352 e. The second kappa shape index (κ2) is 6.68. The Kier molecular flexibility index (Phi) is 4.92. The van der Waals surface area contributed by atoms with Crippen LogP contribution in [0, 0.1) is 0 Å². The number of aromatic nitrogens is 1. The number of carbonyl (C=O) groups excluding carboxylic acids is 1. The smallest absolute Gasteiger partial charge is 0.263 e. The molecule has 1 aromatic heterocycles. The summed E-state index contributed by atoms with van der Waals surface area (Å²) in [4.78, 5) is 15.2. The number of hydrogen-bond acceptors (Lipinski definition) is 5. The second-order valence-electron chi connectivity index (χ2n) is 4.22. The molecule has 1 amide bonds. The van der Waals surface area contributed by atoms with Crippen LogP contribution in [-0.2, 0) is 21.4 Å². The number of carbonyl (C=O) groups is 1. The van der Waals surface area contributed by atoms with Crippen LogP contribution < -0.4 is 10.0 Å². The maximum Gasteiger partial charge on any atom is 0.263 e. The molecular weight excluding hydrogens is 310 g/mol. The Labute approximate surface area is 127 Å². The minimum atomic E-state index is -3.63. The molecule has 0 aliphatic heterocycles. The summed E-state index contributed by atoms with van der Waals surface area (Å²) >= 11 is 1.21. The lowest BCUT2D eigenvalue weighted by Gasteiger charge is -2.07. The number of nitrogens with zero attached hydrogens (tertiary/aromatic N) is 1. The number of thiazole rings is 1. The van der Waals surface area contributed by atoms with Gasteiger partial charge in [-0.3, -0.25) is 9.52 Å². The standard InChI is InChI=1S/C13H15N3O3S2/c1-2-12(17)15-9-10-3-5-11(6-4-10)21(18,19)16-13-14-7-8-20-13/h3-8H,2,9H2,1H3,(H,14,16)(H,15,17). The van der Waals surface area contributed by atoms with Crippen LogP contribution in [0.1, 0.15) is 18.9 Å². The van der Waals surface area contributed by atoms with Crippen molar-refractivity contribution in [2.75, 3.05) is 4.72 Å². The fraction of sp³-hybridized carbons (Fsp3) is 0.231. The largest absolute Gasteiger partial charge is 0.352 e. The van der Waals surface area contributed by atoms with Gasteiger partial charge >= 0.3 is 0 Å². The van der Waals surface area contributed by atoms with Crippen molar-refractivity contribution < 1.29 is 13.2 Å². The van der Waals surface area contributed by atoms with Gasteiger partial charge in [0.25, 0.3) is 10.0 Å². The summed E-state index contributed by atoms with van der Waals surface area (Å²) in [6.07, 6.45) is 1.95. The average molecular weight is 325 g/mol. The van der Waals surface area contributed by atoms with E-state index in [0.29, 0.717) is 18.1 Å². The summed E-state index contributed by atoms with van der Waals surface area (Å²) < 4.78 is 26.6. The van der Waals surface area contributed by atoms with Gasteiger partial charge in [0.15, 0.2) is 5.13 Å². The van der Waals surface area contributed by atoms with Crippen molar-refractivity contribution in [2.45, 2.75) is 24.8 Å². The molecule has 21 heavy (non-hydrogen) atoms. The summed E-state index contributed by atoms with van der Waals surface area (Å²) in [6.45, 7) is 2.15. The van der Waals surface area contributed by atoms with Gasteiger partial charge in [0.1, 0.15) is 0 Å². The molecule has 0 aliphatic carbocycles. The number of benzene rings is 1. The molecule has 2 rings (SSSR count). The highest BCUT2D eigenvalue weighted by atomic mass is 32.2. The summed E-state index contributed by atoms with van der Waals surface area (Å²) in [5.74, 6) is -0.0443. The van der Waals surface area contributed by atoms with Crippen LogP contribution in [0.2, 0.25) is 0 Å². The highest BCUT2D eigenvalue weighted by Crippen LogP contribution is 2.18. The van der Waals surface area contributed by atoms with Gasteiger partial charge in [-0.2, -0.15) is 0 Å². The molecule has 2 aromatic rings. The number of amides is 1. The van der Waals surface area contributed by atoms with E-state index in [0.717, 1.165) is 5.56 Å². The Hall–Kier alpha value is -1.93. The maximum atomic E-state index is 12.1. The first-order valence-electron chi connectivity index (χ1n) is 6.29. The molecule has 0 aliphatic rings. The van der Waals surface area contributed by atoms with E-state index >= 15 is 0 Å². The summed E-state index contributed by atoms with van der Waals surface area (Å²) in [5.41, 5.74) is 0.838. The van der Waals surface area contributed by atoms with Gasteiger partial charge in [-0.15, -0.1) is 11.3 Å². The molecule has 6 nitrogen and oxygen atoms in total. The molecule has 0 saturated carbocycles. The highest BCUT2D eigenvalue weighted by molar-refractivity contribution is 7.93. The molecular formula is C13H15N3O3S2. The number of hydrogen-bond donors (Lipinski definition) is 2. The predicted molar refractivity (Wildman–Crippen MR) is 81.5 cm³/mol. The Morgan fingerprint density at radius 2 is 2.00 bits per heavy atom. The molecule has 0 saturated heterocycles. The third-order valence-corrected chi connectivity index (χ3v) is 4.87. The molecule has 0 unspecified atom stereocenters. The van der Waals surface area contributed by atoms with E-state index in [9.17, 15) is 13.2 Å². The number of nitrogens with one attached hydrogen (secondary N) is 2. The topological polar surface area (TPSA) is 88.2 Å². The summed E-state index contributed by atoms with van der Waals surface area (Å²) in [6, 6.07) is 6.35. The van der Waals surface area contributed by atoms with E-state index in [4.69, 9.17) is 0 Å². The van der Waals surface area contributed by atoms with Crippen molar-refractivity contribution >= 4 is 32.4 Å². The van der Waals surface area contributed by atoms with Crippen LogP contribution in [0.5, 0.6) is 0 Å². The van der Waals surface area contributed by atoms with Crippen molar-refractivity contribution in [3.8, 4) is 0 Å². The normalized spacial score (nSPS) is 11.1. The molecule has 0 bridgehead atoms. The Balaban J connectivity index is 2.05. The van der Waals surface area contributed by atoms with Gasteiger partial charge in [0.05, 0.1) is 4.90 Å². The lowest BCUT2D eigenvalue weighted by molar-refractivity contribution is -0.120. The SMILES string of the molecule is CCC(=O)NCc1ccc(S(=O)(=O)Nc2nccs2)cc1. The second-order valence-corrected chi connectivity index (χ2v) is 6.79. The number of rotatable bonds is 6. The van der Waals surface area contributed by atoms with Crippen molar-refractivity contribution in [2.24, 2.45) is 0 Å². The average Bonchev–Trinajstić information content (AvgIpc) is 2.97. The Morgan fingerprint density at radius 1 is 1.29 bits per heavy atom. The van der Waals surface area contributed by atoms with Crippen LogP contribution in [0.25, 0.3) is 0 Å². The monoisotopic (exact) mass is 325 g/mol. The lowest BCUT2D eigenvalue weighted by atomic mass is 10.2. The van der Waals surface area contributed by atoms with Gasteiger partial charge in [0.2, 0.25) is 5.91 Å². The molecule has 1 heterocycles. The number of anilines is 1. The van der Waals surface area contributed by atoms with Gasteiger partial charge in [-0.1, -0.05) is 19.1 Å². The maximum absolute atomic E-state index is 12.1. The molecule has 0 atom stereocenters. The van der Waals surface area contributed by atoms with Crippen molar-refractivity contribution in [3.05, 3.63) is 41.4 Å². The third-order valence-electron chi connectivity index (χ3n) is 2.70. The molecule has 112 valence electrons. The predicted octanol–water partition coefficient (Wildman–Crippen LogP) is 1.97. The summed E-state index contributed by atoms with van der Waals surface area (Å²) in [7, 11) is -3.63. The van der Waals surface area contributed by atoms with E-state index in [-0.39, 0.29) is 10.8 Å². The minimum absolute atomic E-state index is 0.0443. The van der Waals surface area contributed by atoms with Gasteiger partial charge in [-0.25, -0.2) is 13.4 Å². The third kappa shape index (κ3) is 4.27. The first-order chi connectivity index (χ1) is 10.0. The van der Waals surface area contributed by atoms with E-state index in [1.165, 1.54) is 29.7 Å². The van der Waals surface area contributed by atoms with E-state index in [1.54, 1.807) is 24.4 Å². The van der Waals surface area contributed by atoms with Gasteiger partial charge in [0, 0.05) is 24.5 Å². The highest BCUT2D eigenvalue weighted by Gasteiger charge is 2.15. The first-order valence-corrected chi connectivity index (χ1v) is 8.65. The summed E-state index contributed by atoms with van der Waals surface area (Å²) in [5, 5.41) is 4.75. The van der Waals surface area contributed by atoms with Crippen LogP contribution in [0.4, 0.5) is 5.13 Å². The molecule has 0 spiro atoms. The lowest BCUT2D eigenvalue weighted by Crippen LogP contribution is -2.21. The Bertz CT molecular complexity index is 695. The van der Waals surface area contributed by atoms with Crippen LogP contribution in [-0.4, -0.2) is 19.3 Å². The fourth-order valence-corrected chi connectivity index (χ4v) is 3.35. The molecule has 1 aromatic carbocycles. The quantitative estimate of drug-likeness (QED) is 0.850. The van der Waals surface area contributed by atoms with E-state index in [1.807, 2.05) is 0 Å². The van der Waals surface area contributed by atoms with Gasteiger partial charge < -0.3 is 5.32 Å². The molecule has 0 radical (unpaired) electrons. The molecule has 2 N–H and O–H groups in total. The Morgan fingerprint density at radius 3 is 2.57 bits per heavy atom. The zero-order chi connectivity index (χ0) is 15.3. The van der Waals surface area contributed by atoms with Gasteiger partial charge in [-0.05, 0) is 17.7 Å². The van der Waals surface area contributed by atoms with Crippen LogP contribution in [0.3, 0.4) is 0 Å². The van der Waals surface area contributed by atoms with E-state index < -0.39 is 10.0 Å². The van der Waals surface area contributed by atoms with Crippen LogP contribution >= 0.6 is 11.3 Å². The first kappa shape index (κ1) is 15.5. The van der Waals surface area contributed by atoms with Crippen molar-refractivity contribution in [1.82, 2.24) is 10.3 Å². The number of sulfonamides is 1. The molecule has 8 heteroatoms.